The van der Waals surface area contributed by atoms with E-state index in [9.17, 15) is 0 Å². The second kappa shape index (κ2) is 8.61. The monoisotopic (exact) mass is 311 g/mol. The van der Waals surface area contributed by atoms with Crippen LogP contribution < -0.4 is 10.1 Å². The van der Waals surface area contributed by atoms with E-state index in [1.54, 1.807) is 0 Å². The maximum atomic E-state index is 5.54. The van der Waals surface area contributed by atoms with Crippen LogP contribution >= 0.6 is 0 Å². The van der Waals surface area contributed by atoms with E-state index in [0.29, 0.717) is 18.4 Å². The quantitative estimate of drug-likeness (QED) is 0.695. The minimum atomic E-state index is 0.471. The topological polar surface area (TPSA) is 21.3 Å². The molecule has 0 bridgehead atoms. The molecular weight excluding hydrogens is 282 g/mol. The molecule has 2 rings (SSSR count). The minimum absolute atomic E-state index is 0.471. The molecule has 1 unspecified atom stereocenters. The largest absolute Gasteiger partial charge is 0.494 e. The van der Waals surface area contributed by atoms with Gasteiger partial charge in [-0.05, 0) is 48.4 Å². The number of ether oxygens (including phenoxy) is 1. The molecule has 0 saturated carbocycles. The molecule has 0 aliphatic heterocycles. The van der Waals surface area contributed by atoms with Gasteiger partial charge in [0.05, 0.1) is 6.61 Å². The third-order valence-corrected chi connectivity index (χ3v) is 3.95. The highest BCUT2D eigenvalue weighted by Crippen LogP contribution is 2.21. The van der Waals surface area contributed by atoms with Crippen molar-refractivity contribution >= 4 is 5.69 Å². The summed E-state index contributed by atoms with van der Waals surface area (Å²) in [4.78, 5) is 0. The van der Waals surface area contributed by atoms with Crippen LogP contribution in [-0.2, 0) is 6.42 Å². The van der Waals surface area contributed by atoms with Gasteiger partial charge >= 0.3 is 0 Å². The molecule has 23 heavy (non-hydrogen) atoms. The zero-order chi connectivity index (χ0) is 16.7. The SMILES string of the molecule is CCOc1cccc(NCC(C)c2ccc(CC(C)C)cc2)c1. The van der Waals surface area contributed by atoms with Gasteiger partial charge in [0.15, 0.2) is 0 Å². The molecule has 0 fully saturated rings. The van der Waals surface area contributed by atoms with E-state index >= 15 is 0 Å². The number of anilines is 1. The van der Waals surface area contributed by atoms with Crippen molar-refractivity contribution < 1.29 is 4.74 Å². The Labute approximate surface area is 140 Å². The molecule has 2 aromatic rings. The standard InChI is InChI=1S/C21H29NO/c1-5-23-21-8-6-7-20(14-21)22-15-17(4)19-11-9-18(10-12-19)13-16(2)3/h6-12,14,16-17,22H,5,13,15H2,1-4H3. The van der Waals surface area contributed by atoms with Gasteiger partial charge in [0.2, 0.25) is 0 Å². The molecule has 2 nitrogen and oxygen atoms in total. The first kappa shape index (κ1) is 17.4. The van der Waals surface area contributed by atoms with E-state index in [2.05, 4.69) is 62.5 Å². The average Bonchev–Trinajstić information content (AvgIpc) is 2.53. The van der Waals surface area contributed by atoms with Crippen LogP contribution in [0.4, 0.5) is 5.69 Å². The zero-order valence-corrected chi connectivity index (χ0v) is 14.8. The Morgan fingerprint density at radius 1 is 1.00 bits per heavy atom. The molecule has 2 aromatic carbocycles. The third kappa shape index (κ3) is 5.63. The summed E-state index contributed by atoms with van der Waals surface area (Å²) in [6.45, 7) is 10.4. The number of nitrogens with one attached hydrogen (secondary N) is 1. The Morgan fingerprint density at radius 2 is 1.74 bits per heavy atom. The molecule has 1 N–H and O–H groups in total. The lowest BCUT2D eigenvalue weighted by molar-refractivity contribution is 0.340. The molecule has 2 heteroatoms. The number of rotatable bonds is 8. The first-order chi connectivity index (χ1) is 11.1. The van der Waals surface area contributed by atoms with Crippen molar-refractivity contribution in [1.82, 2.24) is 0 Å². The van der Waals surface area contributed by atoms with Crippen LogP contribution in [0.15, 0.2) is 48.5 Å². The summed E-state index contributed by atoms with van der Waals surface area (Å²) in [5, 5.41) is 3.51. The lowest BCUT2D eigenvalue weighted by Gasteiger charge is -2.15. The summed E-state index contributed by atoms with van der Waals surface area (Å²) >= 11 is 0. The molecule has 0 amide bonds. The molecular formula is C21H29NO. The molecule has 0 spiro atoms. The Morgan fingerprint density at radius 3 is 2.39 bits per heavy atom. The van der Waals surface area contributed by atoms with Crippen LogP contribution in [0.1, 0.15) is 44.7 Å². The van der Waals surface area contributed by atoms with Crippen LogP contribution in [0.5, 0.6) is 5.75 Å². The van der Waals surface area contributed by atoms with Gasteiger partial charge in [0.25, 0.3) is 0 Å². The van der Waals surface area contributed by atoms with Crippen molar-refractivity contribution in [1.29, 1.82) is 0 Å². The summed E-state index contributed by atoms with van der Waals surface area (Å²) in [5.41, 5.74) is 3.92. The van der Waals surface area contributed by atoms with E-state index in [1.807, 2.05) is 19.1 Å². The van der Waals surface area contributed by atoms with Crippen LogP contribution in [0, 0.1) is 5.92 Å². The van der Waals surface area contributed by atoms with Gasteiger partial charge in [-0.2, -0.15) is 0 Å². The average molecular weight is 311 g/mol. The highest BCUT2D eigenvalue weighted by Gasteiger charge is 2.06. The summed E-state index contributed by atoms with van der Waals surface area (Å²) in [6.07, 6.45) is 1.15. The van der Waals surface area contributed by atoms with Crippen molar-refractivity contribution in [2.75, 3.05) is 18.5 Å². The van der Waals surface area contributed by atoms with E-state index in [0.717, 1.165) is 24.4 Å². The fourth-order valence-corrected chi connectivity index (χ4v) is 2.70. The summed E-state index contributed by atoms with van der Waals surface area (Å²) in [5.74, 6) is 2.10. The van der Waals surface area contributed by atoms with E-state index in [-0.39, 0.29) is 0 Å². The number of benzene rings is 2. The molecule has 124 valence electrons. The smallest absolute Gasteiger partial charge is 0.121 e. The fraction of sp³-hybridized carbons (Fsp3) is 0.429. The highest BCUT2D eigenvalue weighted by atomic mass is 16.5. The highest BCUT2D eigenvalue weighted by molar-refractivity contribution is 5.48. The Balaban J connectivity index is 1.91. The fourth-order valence-electron chi connectivity index (χ4n) is 2.70. The predicted octanol–water partition coefficient (Wildman–Crippen LogP) is 5.50. The van der Waals surface area contributed by atoms with Gasteiger partial charge in [0, 0.05) is 18.3 Å². The van der Waals surface area contributed by atoms with Crippen molar-refractivity contribution in [2.45, 2.75) is 40.0 Å². The van der Waals surface area contributed by atoms with Gasteiger partial charge in [-0.3, -0.25) is 0 Å². The van der Waals surface area contributed by atoms with Gasteiger partial charge in [0.1, 0.15) is 5.75 Å². The first-order valence-corrected chi connectivity index (χ1v) is 8.64. The van der Waals surface area contributed by atoms with Gasteiger partial charge in [-0.25, -0.2) is 0 Å². The summed E-state index contributed by atoms with van der Waals surface area (Å²) < 4.78 is 5.54. The number of hydrogen-bond acceptors (Lipinski definition) is 2. The summed E-state index contributed by atoms with van der Waals surface area (Å²) in [6, 6.07) is 17.2. The Kier molecular flexibility index (Phi) is 6.52. The number of hydrogen-bond donors (Lipinski definition) is 1. The van der Waals surface area contributed by atoms with Crippen LogP contribution in [0.25, 0.3) is 0 Å². The van der Waals surface area contributed by atoms with Crippen LogP contribution in [0.2, 0.25) is 0 Å². The van der Waals surface area contributed by atoms with Gasteiger partial charge < -0.3 is 10.1 Å². The van der Waals surface area contributed by atoms with Gasteiger partial charge in [-0.15, -0.1) is 0 Å². The van der Waals surface area contributed by atoms with Crippen LogP contribution in [0.3, 0.4) is 0 Å². The molecule has 0 heterocycles. The van der Waals surface area contributed by atoms with Crippen molar-refractivity contribution in [3.8, 4) is 5.75 Å². The normalized spacial score (nSPS) is 12.2. The maximum absolute atomic E-state index is 5.54. The van der Waals surface area contributed by atoms with E-state index in [1.165, 1.54) is 11.1 Å². The Hall–Kier alpha value is -1.96. The van der Waals surface area contributed by atoms with Crippen molar-refractivity contribution in [2.24, 2.45) is 5.92 Å². The van der Waals surface area contributed by atoms with E-state index < -0.39 is 0 Å². The Bertz CT molecular complexity index is 589. The first-order valence-electron chi connectivity index (χ1n) is 8.64. The minimum Gasteiger partial charge on any atom is -0.494 e. The summed E-state index contributed by atoms with van der Waals surface area (Å²) in [7, 11) is 0. The molecule has 0 saturated heterocycles. The second-order valence-electron chi connectivity index (χ2n) is 6.58. The molecule has 0 aromatic heterocycles. The molecule has 1 atom stereocenters. The van der Waals surface area contributed by atoms with E-state index in [4.69, 9.17) is 4.74 Å². The zero-order valence-electron chi connectivity index (χ0n) is 14.8. The molecule has 0 aliphatic carbocycles. The lowest BCUT2D eigenvalue weighted by atomic mass is 9.97. The predicted molar refractivity (Wildman–Crippen MR) is 99.5 cm³/mol. The van der Waals surface area contributed by atoms with Crippen molar-refractivity contribution in [3.05, 3.63) is 59.7 Å². The maximum Gasteiger partial charge on any atom is 0.121 e. The second-order valence-corrected chi connectivity index (χ2v) is 6.58. The van der Waals surface area contributed by atoms with Crippen molar-refractivity contribution in [3.63, 3.8) is 0 Å². The van der Waals surface area contributed by atoms with Crippen LogP contribution in [-0.4, -0.2) is 13.2 Å². The molecule has 0 radical (unpaired) electrons. The molecule has 0 aliphatic rings. The lowest BCUT2D eigenvalue weighted by Crippen LogP contribution is -2.10. The van der Waals surface area contributed by atoms with Gasteiger partial charge in [-0.1, -0.05) is 51.1 Å². The third-order valence-electron chi connectivity index (χ3n) is 3.95.